The van der Waals surface area contributed by atoms with Crippen molar-refractivity contribution in [2.75, 3.05) is 0 Å². The van der Waals surface area contributed by atoms with Crippen molar-refractivity contribution in [1.82, 2.24) is 0 Å². The molecule has 0 bridgehead atoms. The van der Waals surface area contributed by atoms with Crippen LogP contribution in [0.25, 0.3) is 0 Å². The maximum Gasteiger partial charge on any atom is 0.164 e. The van der Waals surface area contributed by atoms with Crippen molar-refractivity contribution in [1.29, 1.82) is 0 Å². The minimum absolute atomic E-state index is 0.0741. The van der Waals surface area contributed by atoms with Crippen LogP contribution in [0.15, 0.2) is 30.3 Å². The van der Waals surface area contributed by atoms with Crippen LogP contribution in [-0.4, -0.2) is 0 Å². The summed E-state index contributed by atoms with van der Waals surface area (Å²) >= 11 is 11.6. The number of halogens is 5. The molecule has 0 heterocycles. The summed E-state index contributed by atoms with van der Waals surface area (Å²) in [6.07, 6.45) is 0. The molecule has 2 rings (SSSR count). The molecule has 2 N–H and O–H groups in total. The third-order valence-electron chi connectivity index (χ3n) is 3.08. The fourth-order valence-electron chi connectivity index (χ4n) is 1.97. The van der Waals surface area contributed by atoms with E-state index in [1.807, 2.05) is 0 Å². The lowest BCUT2D eigenvalue weighted by atomic mass is 9.85. The van der Waals surface area contributed by atoms with E-state index < -0.39 is 23.0 Å². The van der Waals surface area contributed by atoms with Crippen LogP contribution in [0.4, 0.5) is 13.2 Å². The fourth-order valence-corrected chi connectivity index (χ4v) is 2.55. The van der Waals surface area contributed by atoms with Gasteiger partial charge in [0, 0.05) is 10.6 Å². The van der Waals surface area contributed by atoms with Crippen LogP contribution >= 0.6 is 23.2 Å². The second kappa shape index (κ2) is 5.28. The summed E-state index contributed by atoms with van der Waals surface area (Å²) in [5.41, 5.74) is 4.54. The van der Waals surface area contributed by atoms with E-state index in [0.29, 0.717) is 0 Å². The lowest BCUT2D eigenvalue weighted by Crippen LogP contribution is -2.36. The maximum atomic E-state index is 13.9. The van der Waals surface area contributed by atoms with E-state index in [1.165, 1.54) is 25.1 Å². The average molecular weight is 320 g/mol. The van der Waals surface area contributed by atoms with E-state index in [2.05, 4.69) is 0 Å². The number of hydrogen-bond acceptors (Lipinski definition) is 1. The molecule has 0 aliphatic carbocycles. The van der Waals surface area contributed by atoms with Crippen LogP contribution in [-0.2, 0) is 5.54 Å². The van der Waals surface area contributed by atoms with Crippen LogP contribution in [0, 0.1) is 17.5 Å². The van der Waals surface area contributed by atoms with Gasteiger partial charge in [-0.1, -0.05) is 35.3 Å². The van der Waals surface area contributed by atoms with Crippen molar-refractivity contribution >= 4 is 23.2 Å². The van der Waals surface area contributed by atoms with Crippen LogP contribution in [0.2, 0.25) is 10.0 Å². The molecule has 0 saturated carbocycles. The van der Waals surface area contributed by atoms with E-state index >= 15 is 0 Å². The van der Waals surface area contributed by atoms with Crippen molar-refractivity contribution in [3.63, 3.8) is 0 Å². The van der Waals surface area contributed by atoms with Crippen LogP contribution in [0.3, 0.4) is 0 Å². The first-order valence-corrected chi connectivity index (χ1v) is 6.39. The third-order valence-corrected chi connectivity index (χ3v) is 3.68. The monoisotopic (exact) mass is 319 g/mol. The molecule has 0 aliphatic heterocycles. The summed E-state index contributed by atoms with van der Waals surface area (Å²) in [4.78, 5) is 0. The Morgan fingerprint density at radius 1 is 0.950 bits per heavy atom. The lowest BCUT2D eigenvalue weighted by Gasteiger charge is -2.27. The summed E-state index contributed by atoms with van der Waals surface area (Å²) in [6.45, 7) is 1.42. The highest BCUT2D eigenvalue weighted by molar-refractivity contribution is 6.35. The smallest absolute Gasteiger partial charge is 0.164 e. The molecule has 0 saturated heterocycles. The first-order valence-electron chi connectivity index (χ1n) is 5.63. The third kappa shape index (κ3) is 2.51. The van der Waals surface area contributed by atoms with Gasteiger partial charge in [-0.15, -0.1) is 0 Å². The number of rotatable bonds is 2. The Bertz CT molecular complexity index is 672. The van der Waals surface area contributed by atoms with Gasteiger partial charge in [-0.05, 0) is 30.7 Å². The van der Waals surface area contributed by atoms with Gasteiger partial charge in [0.2, 0.25) is 0 Å². The Kier molecular flexibility index (Phi) is 4.00. The highest BCUT2D eigenvalue weighted by atomic mass is 35.5. The van der Waals surface area contributed by atoms with Crippen LogP contribution in [0.1, 0.15) is 18.1 Å². The summed E-state index contributed by atoms with van der Waals surface area (Å²) in [5.74, 6) is -2.87. The predicted molar refractivity (Wildman–Crippen MR) is 73.4 cm³/mol. The van der Waals surface area contributed by atoms with Crippen molar-refractivity contribution in [3.8, 4) is 0 Å². The van der Waals surface area contributed by atoms with E-state index in [0.717, 1.165) is 12.1 Å². The van der Waals surface area contributed by atoms with Crippen molar-refractivity contribution in [3.05, 3.63) is 69.0 Å². The molecule has 0 fully saturated rings. The normalized spacial score (nSPS) is 14.2. The lowest BCUT2D eigenvalue weighted by molar-refractivity contribution is 0.467. The molecule has 0 aliphatic rings. The zero-order valence-electron chi connectivity index (χ0n) is 10.4. The Morgan fingerprint density at radius 2 is 1.60 bits per heavy atom. The van der Waals surface area contributed by atoms with Gasteiger partial charge in [0.05, 0.1) is 10.6 Å². The molecule has 0 amide bonds. The molecule has 6 heteroatoms. The summed E-state index contributed by atoms with van der Waals surface area (Å²) < 4.78 is 40.8. The van der Waals surface area contributed by atoms with Crippen molar-refractivity contribution in [2.45, 2.75) is 12.5 Å². The number of nitrogens with two attached hydrogens (primary N) is 1. The minimum Gasteiger partial charge on any atom is -0.318 e. The highest BCUT2D eigenvalue weighted by Gasteiger charge is 2.31. The summed E-state index contributed by atoms with van der Waals surface area (Å²) in [5, 5.41) is -0.0978. The Balaban J connectivity index is 2.66. The van der Waals surface area contributed by atoms with Gasteiger partial charge in [-0.25, -0.2) is 13.2 Å². The van der Waals surface area contributed by atoms with E-state index in [-0.39, 0.29) is 21.2 Å². The molecule has 1 atom stereocenters. The predicted octanol–water partition coefficient (Wildman–Crippen LogP) is 4.63. The molecule has 1 unspecified atom stereocenters. The molecule has 106 valence electrons. The van der Waals surface area contributed by atoms with Crippen molar-refractivity contribution < 1.29 is 13.2 Å². The van der Waals surface area contributed by atoms with E-state index in [4.69, 9.17) is 28.9 Å². The zero-order chi connectivity index (χ0) is 15.1. The van der Waals surface area contributed by atoms with Gasteiger partial charge in [-0.3, -0.25) is 0 Å². The maximum absolute atomic E-state index is 13.9. The standard InChI is InChI=1S/C14H10Cl2F3N/c1-14(20,7-3-2-4-11(17)13(7)19)8-5-12(18)10(16)6-9(8)15/h2-6H,20H2,1H3. The second-order valence-corrected chi connectivity index (χ2v) is 5.36. The Morgan fingerprint density at radius 3 is 2.25 bits per heavy atom. The number of benzene rings is 2. The molecule has 0 radical (unpaired) electrons. The van der Waals surface area contributed by atoms with Crippen LogP contribution < -0.4 is 5.73 Å². The van der Waals surface area contributed by atoms with Crippen LogP contribution in [0.5, 0.6) is 0 Å². The van der Waals surface area contributed by atoms with Gasteiger partial charge >= 0.3 is 0 Å². The molecule has 1 nitrogen and oxygen atoms in total. The van der Waals surface area contributed by atoms with Gasteiger partial charge in [0.1, 0.15) is 5.82 Å². The molecular weight excluding hydrogens is 310 g/mol. The molecule has 2 aromatic rings. The van der Waals surface area contributed by atoms with Gasteiger partial charge in [0.25, 0.3) is 0 Å². The van der Waals surface area contributed by atoms with Gasteiger partial charge in [0.15, 0.2) is 11.6 Å². The fraction of sp³-hybridized carbons (Fsp3) is 0.143. The second-order valence-electron chi connectivity index (χ2n) is 4.55. The largest absolute Gasteiger partial charge is 0.318 e. The highest BCUT2D eigenvalue weighted by Crippen LogP contribution is 2.36. The molecule has 0 spiro atoms. The topological polar surface area (TPSA) is 26.0 Å². The molecule has 20 heavy (non-hydrogen) atoms. The first-order chi connectivity index (χ1) is 9.25. The summed E-state index contributed by atoms with van der Waals surface area (Å²) in [7, 11) is 0. The Hall–Kier alpha value is -1.23. The molecule has 2 aromatic carbocycles. The molecular formula is C14H10Cl2F3N. The number of hydrogen-bond donors (Lipinski definition) is 1. The zero-order valence-corrected chi connectivity index (χ0v) is 11.9. The van der Waals surface area contributed by atoms with Gasteiger partial charge in [-0.2, -0.15) is 0 Å². The summed E-state index contributed by atoms with van der Waals surface area (Å²) in [6, 6.07) is 5.81. The first kappa shape index (κ1) is 15.2. The van der Waals surface area contributed by atoms with E-state index in [9.17, 15) is 13.2 Å². The quantitative estimate of drug-likeness (QED) is 0.802. The minimum atomic E-state index is -1.51. The Labute approximate surface area is 124 Å². The van der Waals surface area contributed by atoms with E-state index in [1.54, 1.807) is 0 Å². The van der Waals surface area contributed by atoms with Gasteiger partial charge < -0.3 is 5.73 Å². The molecule has 0 aromatic heterocycles. The average Bonchev–Trinajstić information content (AvgIpc) is 2.36. The SMILES string of the molecule is CC(N)(c1cc(F)c(Cl)cc1Cl)c1cccc(F)c1F. The van der Waals surface area contributed by atoms with Crippen molar-refractivity contribution in [2.24, 2.45) is 5.73 Å².